The molecule has 25 heavy (non-hydrogen) atoms. The molecule has 2 aromatic carbocycles. The summed E-state index contributed by atoms with van der Waals surface area (Å²) in [5, 5.41) is 0. The van der Waals surface area contributed by atoms with Gasteiger partial charge in [0.1, 0.15) is 0 Å². The zero-order valence-electron chi connectivity index (χ0n) is 15.6. The van der Waals surface area contributed by atoms with Crippen LogP contribution in [-0.2, 0) is 6.54 Å². The maximum Gasteiger partial charge on any atom is 0.0234 e. The Labute approximate surface area is 157 Å². The molecule has 0 heterocycles. The highest BCUT2D eigenvalue weighted by Gasteiger charge is 2.03. The average Bonchev–Trinajstić information content (AvgIpc) is 2.55. The molecular weight excluding hydrogens is 322 g/mol. The van der Waals surface area contributed by atoms with Crippen molar-refractivity contribution >= 4 is 11.8 Å². The van der Waals surface area contributed by atoms with Crippen molar-refractivity contribution in [2.24, 2.45) is 5.41 Å². The lowest BCUT2D eigenvalue weighted by molar-refractivity contribution is 0.363. The summed E-state index contributed by atoms with van der Waals surface area (Å²) in [6, 6.07) is 19.3. The maximum absolute atomic E-state index is 3.22. The van der Waals surface area contributed by atoms with Crippen LogP contribution in [0.5, 0.6) is 0 Å². The van der Waals surface area contributed by atoms with E-state index in [9.17, 15) is 0 Å². The summed E-state index contributed by atoms with van der Waals surface area (Å²) in [5.41, 5.74) is 1.39. The fourth-order valence-electron chi connectivity index (χ4n) is 2.26. The van der Waals surface area contributed by atoms with Gasteiger partial charge in [-0.3, -0.25) is 4.90 Å². The van der Waals surface area contributed by atoms with Crippen molar-refractivity contribution in [3.05, 3.63) is 72.3 Å². The van der Waals surface area contributed by atoms with Gasteiger partial charge < -0.3 is 0 Å². The molecule has 130 valence electrons. The minimum atomic E-state index is 0.0626. The molecule has 0 atom stereocenters. The van der Waals surface area contributed by atoms with Crippen LogP contribution in [-0.4, -0.2) is 18.5 Å². The van der Waals surface area contributed by atoms with E-state index >= 15 is 0 Å². The van der Waals surface area contributed by atoms with Crippen LogP contribution in [0.15, 0.2) is 76.5 Å². The first-order valence-electron chi connectivity index (χ1n) is 8.60. The molecule has 0 unspecified atom stereocenters. The lowest BCUT2D eigenvalue weighted by Gasteiger charge is -2.15. The number of hydrogen-bond acceptors (Lipinski definition) is 2. The first-order valence-corrected chi connectivity index (χ1v) is 9.42. The Morgan fingerprint density at radius 3 is 2.44 bits per heavy atom. The fraction of sp³-hybridized carbons (Fsp3) is 0.304. The second-order valence-electron chi connectivity index (χ2n) is 7.18. The predicted molar refractivity (Wildman–Crippen MR) is 110 cm³/mol. The Balaban J connectivity index is 1.88. The van der Waals surface area contributed by atoms with Crippen LogP contribution in [0.2, 0.25) is 0 Å². The Morgan fingerprint density at radius 2 is 1.72 bits per heavy atom. The lowest BCUT2D eigenvalue weighted by atomic mass is 9.98. The Morgan fingerprint density at radius 1 is 1.00 bits per heavy atom. The van der Waals surface area contributed by atoms with Gasteiger partial charge >= 0.3 is 0 Å². The molecule has 0 amide bonds. The first-order chi connectivity index (χ1) is 11.9. The second-order valence-corrected chi connectivity index (χ2v) is 8.33. The van der Waals surface area contributed by atoms with Crippen LogP contribution < -0.4 is 0 Å². The molecule has 0 radical (unpaired) electrons. The van der Waals surface area contributed by atoms with Crippen LogP contribution in [0.25, 0.3) is 0 Å². The van der Waals surface area contributed by atoms with E-state index in [-0.39, 0.29) is 5.41 Å². The Kier molecular flexibility index (Phi) is 7.37. The van der Waals surface area contributed by atoms with Gasteiger partial charge in [-0.2, -0.15) is 0 Å². The van der Waals surface area contributed by atoms with E-state index in [1.54, 1.807) is 11.8 Å². The van der Waals surface area contributed by atoms with Crippen LogP contribution in [0.1, 0.15) is 26.3 Å². The largest absolute Gasteiger partial charge is 0.298 e. The average molecular weight is 350 g/mol. The third kappa shape index (κ3) is 8.12. The maximum atomic E-state index is 3.22. The lowest BCUT2D eigenvalue weighted by Crippen LogP contribution is -2.17. The van der Waals surface area contributed by atoms with Gasteiger partial charge in [0.25, 0.3) is 0 Å². The molecule has 2 aromatic rings. The number of allylic oxidation sites excluding steroid dienone is 1. The van der Waals surface area contributed by atoms with E-state index in [2.05, 4.69) is 105 Å². The van der Waals surface area contributed by atoms with Crippen molar-refractivity contribution < 1.29 is 0 Å². The van der Waals surface area contributed by atoms with Gasteiger partial charge in [-0.15, -0.1) is 0 Å². The highest BCUT2D eigenvalue weighted by Crippen LogP contribution is 2.28. The summed E-state index contributed by atoms with van der Waals surface area (Å²) in [4.78, 5) is 4.85. The molecule has 0 saturated carbocycles. The minimum Gasteiger partial charge on any atom is -0.298 e. The molecule has 0 aliphatic rings. The van der Waals surface area contributed by atoms with Crippen molar-refractivity contribution in [1.82, 2.24) is 4.90 Å². The van der Waals surface area contributed by atoms with Crippen molar-refractivity contribution in [2.45, 2.75) is 37.1 Å². The van der Waals surface area contributed by atoms with Gasteiger partial charge in [-0.1, -0.05) is 60.0 Å². The van der Waals surface area contributed by atoms with Crippen molar-refractivity contribution in [2.75, 3.05) is 13.6 Å². The zero-order chi connectivity index (χ0) is 18.1. The number of benzene rings is 2. The highest BCUT2D eigenvalue weighted by atomic mass is 32.2. The smallest absolute Gasteiger partial charge is 0.0234 e. The van der Waals surface area contributed by atoms with Crippen LogP contribution in [0, 0.1) is 17.3 Å². The van der Waals surface area contributed by atoms with Crippen LogP contribution >= 0.6 is 11.8 Å². The zero-order valence-corrected chi connectivity index (χ0v) is 16.4. The van der Waals surface area contributed by atoms with Crippen LogP contribution in [0.4, 0.5) is 0 Å². The number of nitrogens with zero attached hydrogens (tertiary/aromatic N) is 1. The molecule has 0 spiro atoms. The summed E-state index contributed by atoms with van der Waals surface area (Å²) in [6.07, 6.45) is 4.09. The third-order valence-corrected chi connectivity index (χ3v) is 4.39. The monoisotopic (exact) mass is 349 g/mol. The molecule has 0 aromatic heterocycles. The molecule has 0 saturated heterocycles. The number of hydrogen-bond donors (Lipinski definition) is 0. The normalized spacial score (nSPS) is 11.6. The van der Waals surface area contributed by atoms with Crippen molar-refractivity contribution in [3.8, 4) is 11.8 Å². The van der Waals surface area contributed by atoms with E-state index in [0.717, 1.165) is 13.1 Å². The minimum absolute atomic E-state index is 0.0626. The molecular formula is C23H27NS. The molecule has 1 nitrogen and oxygen atoms in total. The van der Waals surface area contributed by atoms with Crippen LogP contribution in [0.3, 0.4) is 0 Å². The SMILES string of the molecule is CN(C/C=C/C#CC(C)(C)C)Cc1cccc(Sc2ccccc2)c1. The topological polar surface area (TPSA) is 3.24 Å². The molecule has 0 N–H and O–H groups in total. The molecule has 2 rings (SSSR count). The highest BCUT2D eigenvalue weighted by molar-refractivity contribution is 7.99. The summed E-state index contributed by atoms with van der Waals surface area (Å²) in [6.45, 7) is 8.20. The predicted octanol–water partition coefficient (Wildman–Crippen LogP) is 5.88. The van der Waals surface area contributed by atoms with Gasteiger partial charge in [-0.05, 0) is 63.7 Å². The molecule has 0 aliphatic heterocycles. The van der Waals surface area contributed by atoms with E-state index < -0.39 is 0 Å². The molecule has 0 fully saturated rings. The van der Waals surface area contributed by atoms with E-state index in [0.29, 0.717) is 0 Å². The first kappa shape index (κ1) is 19.4. The van der Waals surface area contributed by atoms with E-state index in [1.165, 1.54) is 15.4 Å². The summed E-state index contributed by atoms with van der Waals surface area (Å²) < 4.78 is 0. The van der Waals surface area contributed by atoms with E-state index in [1.807, 2.05) is 6.08 Å². The summed E-state index contributed by atoms with van der Waals surface area (Å²) in [7, 11) is 2.14. The summed E-state index contributed by atoms with van der Waals surface area (Å²) in [5.74, 6) is 6.34. The van der Waals surface area contributed by atoms with Crippen molar-refractivity contribution in [3.63, 3.8) is 0 Å². The Hall–Kier alpha value is -1.95. The standard InChI is InChI=1S/C23H27NS/c1-23(2,3)16-9-6-10-17-24(4)19-20-12-11-15-22(18-20)25-21-13-7-5-8-14-21/h5-8,10-15,18H,17,19H2,1-4H3/b10-6+. The van der Waals surface area contributed by atoms with Gasteiger partial charge in [-0.25, -0.2) is 0 Å². The van der Waals surface area contributed by atoms with Gasteiger partial charge in [0, 0.05) is 28.3 Å². The van der Waals surface area contributed by atoms with Gasteiger partial charge in [0.2, 0.25) is 0 Å². The molecule has 0 aliphatic carbocycles. The second kappa shape index (κ2) is 9.51. The molecule has 0 bridgehead atoms. The third-order valence-electron chi connectivity index (χ3n) is 3.40. The molecule has 2 heteroatoms. The quantitative estimate of drug-likeness (QED) is 0.600. The summed E-state index contributed by atoms with van der Waals surface area (Å²) >= 11 is 1.80. The fourth-order valence-corrected chi connectivity index (χ4v) is 3.18. The number of likely N-dealkylation sites (N-methyl/N-ethyl adjacent to an activating group) is 1. The van der Waals surface area contributed by atoms with E-state index in [4.69, 9.17) is 0 Å². The Bertz CT molecular complexity index is 745. The van der Waals surface area contributed by atoms with Crippen molar-refractivity contribution in [1.29, 1.82) is 0 Å². The number of rotatable bonds is 6. The van der Waals surface area contributed by atoms with Gasteiger partial charge in [0.05, 0.1) is 0 Å². The van der Waals surface area contributed by atoms with Gasteiger partial charge in [0.15, 0.2) is 0 Å².